The number of hydrogen-bond acceptors (Lipinski definition) is 4. The molecule has 0 saturated carbocycles. The molecule has 1 aromatic heterocycles. The smallest absolute Gasteiger partial charge is 0.224 e. The number of aromatic nitrogens is 1. The minimum Gasteiger partial charge on any atom is -0.477 e. The van der Waals surface area contributed by atoms with E-state index in [4.69, 9.17) is 27.4 Å². The molecule has 0 radical (unpaired) electrons. The van der Waals surface area contributed by atoms with E-state index in [9.17, 15) is 0 Å². The molecule has 1 saturated heterocycles. The Kier molecular flexibility index (Phi) is 4.14. The molecule has 5 heteroatoms. The van der Waals surface area contributed by atoms with Gasteiger partial charge in [0.05, 0.1) is 18.8 Å². The van der Waals surface area contributed by atoms with Gasteiger partial charge in [-0.1, -0.05) is 12.2 Å². The average molecular weight is 266 g/mol. The Labute approximate surface area is 112 Å². The van der Waals surface area contributed by atoms with Crippen LogP contribution in [-0.4, -0.2) is 29.8 Å². The van der Waals surface area contributed by atoms with Crippen molar-refractivity contribution in [3.8, 4) is 5.88 Å². The van der Waals surface area contributed by atoms with E-state index in [0.717, 1.165) is 36.5 Å². The van der Waals surface area contributed by atoms with Gasteiger partial charge in [-0.2, -0.15) is 0 Å². The van der Waals surface area contributed by atoms with Crippen LogP contribution in [0, 0.1) is 19.8 Å². The molecule has 0 aliphatic carbocycles. The van der Waals surface area contributed by atoms with Gasteiger partial charge in [0.25, 0.3) is 0 Å². The van der Waals surface area contributed by atoms with Gasteiger partial charge in [0, 0.05) is 18.2 Å². The average Bonchev–Trinajstić information content (AvgIpc) is 2.77. The third-order valence-corrected chi connectivity index (χ3v) is 3.24. The predicted octanol–water partition coefficient (Wildman–Crippen LogP) is 1.75. The first-order valence-corrected chi connectivity index (χ1v) is 6.47. The normalized spacial score (nSPS) is 18.9. The summed E-state index contributed by atoms with van der Waals surface area (Å²) in [5.41, 5.74) is 8.40. The first kappa shape index (κ1) is 13.2. The van der Waals surface area contributed by atoms with Crippen LogP contribution in [0.4, 0.5) is 0 Å². The van der Waals surface area contributed by atoms with Gasteiger partial charge in [0.1, 0.15) is 4.99 Å². The molecule has 1 fully saturated rings. The third-order valence-electron chi connectivity index (χ3n) is 3.04. The highest BCUT2D eigenvalue weighted by atomic mass is 32.1. The summed E-state index contributed by atoms with van der Waals surface area (Å²) in [4.78, 5) is 4.72. The number of pyridine rings is 1. The van der Waals surface area contributed by atoms with E-state index < -0.39 is 0 Å². The first-order chi connectivity index (χ1) is 8.58. The van der Waals surface area contributed by atoms with Crippen LogP contribution in [0.2, 0.25) is 0 Å². The van der Waals surface area contributed by atoms with E-state index in [1.807, 2.05) is 19.9 Å². The fourth-order valence-electron chi connectivity index (χ4n) is 2.12. The van der Waals surface area contributed by atoms with Crippen LogP contribution in [0.1, 0.15) is 23.2 Å². The zero-order chi connectivity index (χ0) is 13.1. The number of ether oxygens (including phenoxy) is 2. The SMILES string of the molecule is Cc1cc(C)c(C(N)=S)c(OCC2CCOC2)n1. The molecule has 1 aliphatic rings. The Balaban J connectivity index is 2.16. The van der Waals surface area contributed by atoms with Crippen LogP contribution in [0.15, 0.2) is 6.07 Å². The maximum absolute atomic E-state index is 5.79. The van der Waals surface area contributed by atoms with Gasteiger partial charge < -0.3 is 15.2 Å². The van der Waals surface area contributed by atoms with Gasteiger partial charge >= 0.3 is 0 Å². The van der Waals surface area contributed by atoms with Gasteiger partial charge in [-0.15, -0.1) is 0 Å². The molecular formula is C13H18N2O2S. The molecule has 4 nitrogen and oxygen atoms in total. The number of hydrogen-bond donors (Lipinski definition) is 1. The quantitative estimate of drug-likeness (QED) is 0.841. The van der Waals surface area contributed by atoms with Crippen LogP contribution in [0.3, 0.4) is 0 Å². The van der Waals surface area contributed by atoms with Crippen molar-refractivity contribution in [1.82, 2.24) is 4.98 Å². The number of thiocarbonyl (C=S) groups is 1. The van der Waals surface area contributed by atoms with E-state index in [0.29, 0.717) is 23.4 Å². The molecule has 2 N–H and O–H groups in total. The summed E-state index contributed by atoms with van der Waals surface area (Å²) >= 11 is 5.06. The molecule has 0 amide bonds. The Bertz CT molecular complexity index is 457. The standard InChI is InChI=1S/C13H18N2O2S/c1-8-5-9(2)15-13(11(8)12(14)18)17-7-10-3-4-16-6-10/h5,10H,3-4,6-7H2,1-2H3,(H2,14,18). The largest absolute Gasteiger partial charge is 0.477 e. The highest BCUT2D eigenvalue weighted by Crippen LogP contribution is 2.22. The zero-order valence-electron chi connectivity index (χ0n) is 10.7. The molecule has 18 heavy (non-hydrogen) atoms. The highest BCUT2D eigenvalue weighted by molar-refractivity contribution is 7.80. The molecule has 1 aliphatic heterocycles. The van der Waals surface area contributed by atoms with E-state index in [1.165, 1.54) is 0 Å². The summed E-state index contributed by atoms with van der Waals surface area (Å²) in [5, 5.41) is 0. The van der Waals surface area contributed by atoms with Crippen molar-refractivity contribution in [3.63, 3.8) is 0 Å². The van der Waals surface area contributed by atoms with E-state index in [1.54, 1.807) is 0 Å². The second-order valence-corrected chi connectivity index (χ2v) is 5.11. The maximum Gasteiger partial charge on any atom is 0.224 e. The van der Waals surface area contributed by atoms with Gasteiger partial charge in [-0.3, -0.25) is 0 Å². The molecular weight excluding hydrogens is 248 g/mol. The van der Waals surface area contributed by atoms with Gasteiger partial charge in [0.15, 0.2) is 0 Å². The summed E-state index contributed by atoms with van der Waals surface area (Å²) in [7, 11) is 0. The zero-order valence-corrected chi connectivity index (χ0v) is 11.5. The van der Waals surface area contributed by atoms with Crippen molar-refractivity contribution in [1.29, 1.82) is 0 Å². The Morgan fingerprint density at radius 2 is 2.39 bits per heavy atom. The maximum atomic E-state index is 5.79. The molecule has 98 valence electrons. The lowest BCUT2D eigenvalue weighted by molar-refractivity contribution is 0.165. The molecule has 0 bridgehead atoms. The van der Waals surface area contributed by atoms with Crippen molar-refractivity contribution in [3.05, 3.63) is 22.9 Å². The Morgan fingerprint density at radius 1 is 1.61 bits per heavy atom. The van der Waals surface area contributed by atoms with Gasteiger partial charge in [-0.25, -0.2) is 4.98 Å². The molecule has 0 aromatic carbocycles. The van der Waals surface area contributed by atoms with E-state index in [-0.39, 0.29) is 0 Å². The van der Waals surface area contributed by atoms with E-state index in [2.05, 4.69) is 4.98 Å². The van der Waals surface area contributed by atoms with Crippen LogP contribution < -0.4 is 10.5 Å². The summed E-state index contributed by atoms with van der Waals surface area (Å²) in [6.45, 7) is 6.08. The molecule has 1 aromatic rings. The predicted molar refractivity (Wildman–Crippen MR) is 74.0 cm³/mol. The number of aryl methyl sites for hydroxylation is 2. The van der Waals surface area contributed by atoms with E-state index >= 15 is 0 Å². The van der Waals surface area contributed by atoms with Crippen LogP contribution in [0.5, 0.6) is 5.88 Å². The molecule has 1 unspecified atom stereocenters. The molecule has 2 rings (SSSR count). The van der Waals surface area contributed by atoms with Gasteiger partial charge in [0.2, 0.25) is 5.88 Å². The second kappa shape index (κ2) is 5.63. The lowest BCUT2D eigenvalue weighted by Gasteiger charge is -2.15. The minimum absolute atomic E-state index is 0.331. The van der Waals surface area contributed by atoms with Gasteiger partial charge in [-0.05, 0) is 31.9 Å². The highest BCUT2D eigenvalue weighted by Gasteiger charge is 2.19. The van der Waals surface area contributed by atoms with Crippen molar-refractivity contribution in [2.45, 2.75) is 20.3 Å². The number of nitrogens with two attached hydrogens (primary N) is 1. The Hall–Kier alpha value is -1.20. The van der Waals surface area contributed by atoms with Crippen molar-refractivity contribution >= 4 is 17.2 Å². The molecule has 2 heterocycles. The number of rotatable bonds is 4. The summed E-state index contributed by atoms with van der Waals surface area (Å²) < 4.78 is 11.1. The molecule has 0 spiro atoms. The fourth-order valence-corrected chi connectivity index (χ4v) is 2.37. The van der Waals surface area contributed by atoms with Crippen LogP contribution >= 0.6 is 12.2 Å². The van der Waals surface area contributed by atoms with Crippen molar-refractivity contribution in [2.75, 3.05) is 19.8 Å². The topological polar surface area (TPSA) is 57.4 Å². The number of nitrogens with zero attached hydrogens (tertiary/aromatic N) is 1. The fraction of sp³-hybridized carbons (Fsp3) is 0.538. The lowest BCUT2D eigenvalue weighted by Crippen LogP contribution is -2.18. The monoisotopic (exact) mass is 266 g/mol. The molecule has 1 atom stereocenters. The lowest BCUT2D eigenvalue weighted by atomic mass is 10.1. The third kappa shape index (κ3) is 2.97. The summed E-state index contributed by atoms with van der Waals surface area (Å²) in [5.74, 6) is 0.985. The Morgan fingerprint density at radius 3 is 3.00 bits per heavy atom. The van der Waals surface area contributed by atoms with Crippen molar-refractivity contribution < 1.29 is 9.47 Å². The second-order valence-electron chi connectivity index (χ2n) is 4.67. The first-order valence-electron chi connectivity index (χ1n) is 6.06. The van der Waals surface area contributed by atoms with Crippen LogP contribution in [-0.2, 0) is 4.74 Å². The van der Waals surface area contributed by atoms with Crippen molar-refractivity contribution in [2.24, 2.45) is 11.7 Å². The summed E-state index contributed by atoms with van der Waals surface area (Å²) in [6, 6.07) is 1.96. The summed E-state index contributed by atoms with van der Waals surface area (Å²) in [6.07, 6.45) is 1.03. The minimum atomic E-state index is 0.331. The van der Waals surface area contributed by atoms with Crippen LogP contribution in [0.25, 0.3) is 0 Å².